The minimum Gasteiger partial charge on any atom is -0.481 e. The van der Waals surface area contributed by atoms with E-state index in [1.807, 2.05) is 13.0 Å². The van der Waals surface area contributed by atoms with Gasteiger partial charge in [0, 0.05) is 11.3 Å². The molecule has 0 heterocycles. The van der Waals surface area contributed by atoms with Gasteiger partial charge in [0.15, 0.2) is 5.78 Å². The van der Waals surface area contributed by atoms with Crippen LogP contribution in [0.25, 0.3) is 0 Å². The number of fused-ring (bicyclic) bond motifs is 7. The quantitative estimate of drug-likeness (QED) is 0.357. The summed E-state index contributed by atoms with van der Waals surface area (Å²) < 4.78 is 5.89. The number of nitrogens with two attached hydrogens (primary N) is 1. The molecule has 7 nitrogen and oxygen atoms in total. The molecule has 41 heavy (non-hydrogen) atoms. The second-order valence-electron chi connectivity index (χ2n) is 16.1. The lowest BCUT2D eigenvalue weighted by molar-refractivity contribution is -0.211. The maximum absolute atomic E-state index is 14.4. The zero-order valence-electron chi connectivity index (χ0n) is 26.0. The number of carboxylic acids is 1. The molecule has 0 bridgehead atoms. The van der Waals surface area contributed by atoms with Gasteiger partial charge in [-0.2, -0.15) is 0 Å². The summed E-state index contributed by atoms with van der Waals surface area (Å²) in [5.41, 5.74) is 5.27. The van der Waals surface area contributed by atoms with Crippen molar-refractivity contribution in [2.45, 2.75) is 118 Å². The van der Waals surface area contributed by atoms with Crippen LogP contribution in [0.15, 0.2) is 11.6 Å². The Bertz CT molecular complexity index is 1150. The lowest BCUT2D eigenvalue weighted by Gasteiger charge is -2.70. The molecule has 0 aromatic heterocycles. The number of hydrogen-bond acceptors (Lipinski definition) is 6. The van der Waals surface area contributed by atoms with Crippen LogP contribution in [0.4, 0.5) is 0 Å². The SMILES string of the molecule is CC1(C)[C@@H](OC(=O)[C@@H](N)CO)CC[C@]2(C)[C@H]3C(=O)C=C4[C@@H]5C[C@@](C)(C(=O)O)CC[C@]5(C)CC[C@@]4(C)[C@]3(C)CC[C@@H]12.Cl. The number of carbonyl (C=O) groups is 3. The van der Waals surface area contributed by atoms with E-state index in [-0.39, 0.29) is 69.1 Å². The molecule has 5 rings (SSSR count). The van der Waals surface area contributed by atoms with Crippen molar-refractivity contribution in [1.29, 1.82) is 0 Å². The van der Waals surface area contributed by atoms with Crippen molar-refractivity contribution in [2.75, 3.05) is 6.61 Å². The third-order valence-electron chi connectivity index (χ3n) is 13.8. The van der Waals surface area contributed by atoms with E-state index in [1.165, 1.54) is 5.57 Å². The Morgan fingerprint density at radius 1 is 1.00 bits per heavy atom. The van der Waals surface area contributed by atoms with Crippen molar-refractivity contribution in [2.24, 2.45) is 56.0 Å². The number of aliphatic carboxylic acids is 1. The Morgan fingerprint density at radius 3 is 2.24 bits per heavy atom. The monoisotopic (exact) mass is 593 g/mol. The van der Waals surface area contributed by atoms with Crippen LogP contribution >= 0.6 is 12.4 Å². The lowest BCUT2D eigenvalue weighted by Crippen LogP contribution is -2.67. The number of hydrogen-bond donors (Lipinski definition) is 3. The summed E-state index contributed by atoms with van der Waals surface area (Å²) in [6.45, 7) is 15.1. The third-order valence-corrected chi connectivity index (χ3v) is 13.8. The minimum absolute atomic E-state index is 0. The molecule has 0 unspecified atom stereocenters. The molecule has 0 aromatic rings. The van der Waals surface area contributed by atoms with Gasteiger partial charge in [-0.25, -0.2) is 0 Å². The number of halogens is 1. The van der Waals surface area contributed by atoms with Crippen molar-refractivity contribution in [1.82, 2.24) is 0 Å². The van der Waals surface area contributed by atoms with Crippen LogP contribution in [0.3, 0.4) is 0 Å². The summed E-state index contributed by atoms with van der Waals surface area (Å²) in [5, 5.41) is 19.5. The Balaban J connectivity index is 0.00000387. The minimum atomic E-state index is -1.04. The highest BCUT2D eigenvalue weighted by molar-refractivity contribution is 5.95. The van der Waals surface area contributed by atoms with E-state index in [0.717, 1.165) is 38.5 Å². The van der Waals surface area contributed by atoms with E-state index in [1.54, 1.807) is 0 Å². The normalized spacial score (nSPS) is 47.2. The van der Waals surface area contributed by atoms with Crippen LogP contribution in [0, 0.1) is 50.2 Å². The van der Waals surface area contributed by atoms with E-state index >= 15 is 0 Å². The highest BCUT2D eigenvalue weighted by Crippen LogP contribution is 2.75. The average Bonchev–Trinajstić information content (AvgIpc) is 2.87. The van der Waals surface area contributed by atoms with Crippen LogP contribution in [0.2, 0.25) is 0 Å². The highest BCUT2D eigenvalue weighted by atomic mass is 35.5. The van der Waals surface area contributed by atoms with Gasteiger partial charge in [0.2, 0.25) is 0 Å². The number of aliphatic hydroxyl groups is 1. The Labute approximate surface area is 251 Å². The lowest BCUT2D eigenvalue weighted by atomic mass is 9.33. The van der Waals surface area contributed by atoms with E-state index in [9.17, 15) is 24.6 Å². The van der Waals surface area contributed by atoms with E-state index in [4.69, 9.17) is 10.5 Å². The molecular formula is C33H52ClNO6. The van der Waals surface area contributed by atoms with E-state index in [2.05, 4.69) is 41.5 Å². The van der Waals surface area contributed by atoms with Gasteiger partial charge in [0.25, 0.3) is 0 Å². The maximum Gasteiger partial charge on any atom is 0.325 e. The van der Waals surface area contributed by atoms with Crippen molar-refractivity contribution in [3.63, 3.8) is 0 Å². The number of carboxylic acid groups (broad SMARTS) is 1. The number of aliphatic hydroxyl groups excluding tert-OH is 1. The van der Waals surface area contributed by atoms with Crippen LogP contribution in [-0.2, 0) is 19.1 Å². The fourth-order valence-electron chi connectivity index (χ4n) is 10.9. The van der Waals surface area contributed by atoms with Crippen LogP contribution in [-0.4, -0.2) is 46.7 Å². The van der Waals surface area contributed by atoms with E-state index < -0.39 is 30.0 Å². The maximum atomic E-state index is 14.4. The van der Waals surface area contributed by atoms with Gasteiger partial charge < -0.3 is 20.7 Å². The second-order valence-corrected chi connectivity index (χ2v) is 16.1. The molecule has 0 radical (unpaired) electrons. The molecule has 5 aliphatic carbocycles. The fraction of sp³-hybridized carbons (Fsp3) is 0.848. The van der Waals surface area contributed by atoms with Gasteiger partial charge in [-0.1, -0.05) is 47.1 Å². The first-order valence-electron chi connectivity index (χ1n) is 15.5. The Hall–Kier alpha value is -1.44. The molecule has 0 aliphatic heterocycles. The molecule has 0 saturated heterocycles. The summed E-state index contributed by atoms with van der Waals surface area (Å²) in [6, 6.07) is -1.04. The summed E-state index contributed by atoms with van der Waals surface area (Å²) in [4.78, 5) is 39.3. The van der Waals surface area contributed by atoms with Gasteiger partial charge >= 0.3 is 11.9 Å². The van der Waals surface area contributed by atoms with Gasteiger partial charge in [-0.15, -0.1) is 12.4 Å². The second kappa shape index (κ2) is 10.1. The zero-order chi connectivity index (χ0) is 29.7. The number of carbonyl (C=O) groups excluding carboxylic acids is 2. The van der Waals surface area contributed by atoms with Crippen molar-refractivity contribution in [3.8, 4) is 0 Å². The molecule has 4 N–H and O–H groups in total. The number of esters is 1. The molecule has 10 atom stereocenters. The molecule has 5 aliphatic rings. The molecule has 0 aromatic carbocycles. The van der Waals surface area contributed by atoms with Crippen LogP contribution in [0.5, 0.6) is 0 Å². The standard InChI is InChI=1S/C33H51NO6.ClH/c1-28(2)23-8-11-33(7)25(31(23,5)10-9-24(28)40-26(37)21(34)18-35)22(36)16-19-20-17-30(4,27(38)39)13-12-29(20,3)14-15-32(19,33)6;/h16,20-21,23-25,35H,8-15,17-18,34H2,1-7H3,(H,38,39);1H/t20-,21-,23-,24-,25+,29+,30-,31-,32+,33+;/m0./s1. The van der Waals surface area contributed by atoms with Gasteiger partial charge in [0.05, 0.1) is 12.0 Å². The molecule has 8 heteroatoms. The number of allylic oxidation sites excluding steroid dienone is 2. The van der Waals surface area contributed by atoms with Crippen molar-refractivity contribution in [3.05, 3.63) is 11.6 Å². The molecule has 4 fully saturated rings. The van der Waals surface area contributed by atoms with Gasteiger partial charge in [-0.3, -0.25) is 14.4 Å². The summed E-state index contributed by atoms with van der Waals surface area (Å²) >= 11 is 0. The first-order valence-corrected chi connectivity index (χ1v) is 15.5. The average molecular weight is 594 g/mol. The highest BCUT2D eigenvalue weighted by Gasteiger charge is 2.70. The fourth-order valence-corrected chi connectivity index (χ4v) is 10.9. The molecule has 0 spiro atoms. The molecule has 232 valence electrons. The third kappa shape index (κ3) is 4.37. The van der Waals surface area contributed by atoms with Gasteiger partial charge in [-0.05, 0) is 104 Å². The van der Waals surface area contributed by atoms with Gasteiger partial charge in [0.1, 0.15) is 12.1 Å². The molecule has 0 amide bonds. The van der Waals surface area contributed by atoms with Crippen LogP contribution in [0.1, 0.15) is 106 Å². The van der Waals surface area contributed by atoms with Crippen molar-refractivity contribution < 1.29 is 29.3 Å². The summed E-state index contributed by atoms with van der Waals surface area (Å²) in [5.74, 6) is -0.914. The van der Waals surface area contributed by atoms with E-state index in [0.29, 0.717) is 19.3 Å². The molecular weight excluding hydrogens is 542 g/mol. The number of ketones is 1. The summed E-state index contributed by atoms with van der Waals surface area (Å²) in [7, 11) is 0. The first-order chi connectivity index (χ1) is 18.4. The smallest absolute Gasteiger partial charge is 0.325 e. The predicted molar refractivity (Wildman–Crippen MR) is 159 cm³/mol. The first kappa shape index (κ1) is 32.5. The molecule has 4 saturated carbocycles. The predicted octanol–water partition coefficient (Wildman–Crippen LogP) is 5.70. The zero-order valence-corrected chi connectivity index (χ0v) is 26.9. The number of rotatable bonds is 4. The van der Waals surface area contributed by atoms with Crippen molar-refractivity contribution >= 4 is 30.1 Å². The Kier molecular flexibility index (Phi) is 7.96. The topological polar surface area (TPSA) is 127 Å². The van der Waals surface area contributed by atoms with Crippen LogP contribution < -0.4 is 5.73 Å². The Morgan fingerprint density at radius 2 is 1.63 bits per heavy atom. The summed E-state index contributed by atoms with van der Waals surface area (Å²) in [6.07, 6.45) is 9.25. The largest absolute Gasteiger partial charge is 0.481 e. The number of ether oxygens (including phenoxy) is 1.